The Kier molecular flexibility index (Phi) is 9.23. The third-order valence-corrected chi connectivity index (χ3v) is 5.90. The molecule has 0 bridgehead atoms. The van der Waals surface area contributed by atoms with E-state index in [4.69, 9.17) is 11.6 Å². The van der Waals surface area contributed by atoms with Crippen molar-refractivity contribution in [1.29, 1.82) is 0 Å². The highest BCUT2D eigenvalue weighted by molar-refractivity contribution is 6.31. The van der Waals surface area contributed by atoms with E-state index in [0.717, 1.165) is 11.1 Å². The predicted octanol–water partition coefficient (Wildman–Crippen LogP) is 5.43. The van der Waals surface area contributed by atoms with Crippen LogP contribution in [-0.4, -0.2) is 29.3 Å². The molecule has 2 amide bonds. The Labute approximate surface area is 205 Å². The fourth-order valence-corrected chi connectivity index (χ4v) is 3.94. The maximum Gasteiger partial charge on any atom is 0.243 e. The normalized spacial score (nSPS) is 11.8. The summed E-state index contributed by atoms with van der Waals surface area (Å²) in [6.45, 7) is 4.74. The Morgan fingerprint density at radius 1 is 0.912 bits per heavy atom. The van der Waals surface area contributed by atoms with Crippen LogP contribution in [0.3, 0.4) is 0 Å². The molecule has 0 spiro atoms. The zero-order valence-electron chi connectivity index (χ0n) is 19.5. The van der Waals surface area contributed by atoms with Gasteiger partial charge in [0.15, 0.2) is 0 Å². The minimum atomic E-state index is -0.764. The summed E-state index contributed by atoms with van der Waals surface area (Å²) < 4.78 is 14.5. The average Bonchev–Trinajstić information content (AvgIpc) is 2.83. The second kappa shape index (κ2) is 12.3. The van der Waals surface area contributed by atoms with E-state index in [-0.39, 0.29) is 41.3 Å². The number of carbonyl (C=O) groups excluding carboxylic acids is 2. The molecule has 3 rings (SSSR count). The van der Waals surface area contributed by atoms with Gasteiger partial charge in [-0.15, -0.1) is 0 Å². The monoisotopic (exact) mass is 480 g/mol. The first kappa shape index (κ1) is 25.4. The van der Waals surface area contributed by atoms with Crippen LogP contribution < -0.4 is 5.32 Å². The van der Waals surface area contributed by atoms with Crippen molar-refractivity contribution in [2.75, 3.05) is 6.54 Å². The van der Waals surface area contributed by atoms with Gasteiger partial charge >= 0.3 is 0 Å². The highest BCUT2D eigenvalue weighted by Gasteiger charge is 2.31. The van der Waals surface area contributed by atoms with Crippen LogP contribution in [0.2, 0.25) is 5.02 Å². The molecule has 3 aromatic rings. The number of rotatable bonds is 10. The number of nitrogens with zero attached hydrogens (tertiary/aromatic N) is 1. The van der Waals surface area contributed by atoms with Crippen LogP contribution in [0.15, 0.2) is 78.9 Å². The minimum Gasteiger partial charge on any atom is -0.354 e. The smallest absolute Gasteiger partial charge is 0.243 e. The molecule has 1 N–H and O–H groups in total. The van der Waals surface area contributed by atoms with Crippen LogP contribution >= 0.6 is 11.6 Å². The van der Waals surface area contributed by atoms with Crippen LogP contribution in [0, 0.1) is 11.7 Å². The van der Waals surface area contributed by atoms with Crippen LogP contribution in [0.4, 0.5) is 4.39 Å². The van der Waals surface area contributed by atoms with E-state index in [0.29, 0.717) is 13.0 Å². The Balaban J connectivity index is 1.97. The third-order valence-electron chi connectivity index (χ3n) is 5.54. The fourth-order valence-electron chi connectivity index (χ4n) is 3.71. The van der Waals surface area contributed by atoms with Gasteiger partial charge < -0.3 is 10.2 Å². The molecule has 3 aromatic carbocycles. The highest BCUT2D eigenvalue weighted by atomic mass is 35.5. The largest absolute Gasteiger partial charge is 0.354 e. The molecule has 0 radical (unpaired) electrons. The van der Waals surface area contributed by atoms with Gasteiger partial charge in [-0.1, -0.05) is 92.2 Å². The van der Waals surface area contributed by atoms with Crippen molar-refractivity contribution in [1.82, 2.24) is 10.2 Å². The molecule has 6 heteroatoms. The van der Waals surface area contributed by atoms with Gasteiger partial charge in [-0.2, -0.15) is 0 Å². The summed E-state index contributed by atoms with van der Waals surface area (Å²) in [5, 5.41) is 3.17. The molecule has 34 heavy (non-hydrogen) atoms. The van der Waals surface area contributed by atoms with Gasteiger partial charge in [0.2, 0.25) is 11.8 Å². The van der Waals surface area contributed by atoms with E-state index in [1.807, 2.05) is 74.5 Å². The lowest BCUT2D eigenvalue weighted by molar-refractivity contribution is -0.140. The molecule has 0 aliphatic rings. The van der Waals surface area contributed by atoms with Crippen LogP contribution in [0.25, 0.3) is 0 Å². The van der Waals surface area contributed by atoms with Crippen LogP contribution in [-0.2, 0) is 29.0 Å². The van der Waals surface area contributed by atoms with Crippen molar-refractivity contribution in [3.8, 4) is 0 Å². The molecule has 0 heterocycles. The summed E-state index contributed by atoms with van der Waals surface area (Å²) in [6, 6.07) is 22.6. The number of nitrogens with one attached hydrogen (secondary N) is 1. The van der Waals surface area contributed by atoms with E-state index in [1.165, 1.54) is 12.1 Å². The van der Waals surface area contributed by atoms with E-state index < -0.39 is 11.9 Å². The molecule has 0 saturated heterocycles. The van der Waals surface area contributed by atoms with Crippen LogP contribution in [0.1, 0.15) is 30.5 Å². The van der Waals surface area contributed by atoms with Gasteiger partial charge in [0, 0.05) is 30.1 Å². The lowest BCUT2D eigenvalue weighted by atomic mass is 10.0. The molecule has 0 aromatic heterocycles. The van der Waals surface area contributed by atoms with Crippen molar-refractivity contribution in [3.63, 3.8) is 0 Å². The Morgan fingerprint density at radius 3 is 2.12 bits per heavy atom. The Hall–Kier alpha value is -3.18. The highest BCUT2D eigenvalue weighted by Crippen LogP contribution is 2.22. The molecule has 1 atom stereocenters. The second-order valence-corrected chi connectivity index (χ2v) is 9.14. The van der Waals surface area contributed by atoms with E-state index in [2.05, 4.69) is 5.32 Å². The van der Waals surface area contributed by atoms with Gasteiger partial charge in [0.1, 0.15) is 11.9 Å². The summed E-state index contributed by atoms with van der Waals surface area (Å²) in [6.07, 6.45) is 0.107. The van der Waals surface area contributed by atoms with Gasteiger partial charge in [-0.3, -0.25) is 9.59 Å². The molecule has 4 nitrogen and oxygen atoms in total. The molecule has 0 unspecified atom stereocenters. The first-order valence-corrected chi connectivity index (χ1v) is 11.8. The predicted molar refractivity (Wildman–Crippen MR) is 134 cm³/mol. The quantitative estimate of drug-likeness (QED) is 0.420. The Morgan fingerprint density at radius 2 is 1.53 bits per heavy atom. The maximum atomic E-state index is 14.5. The average molecular weight is 481 g/mol. The molecule has 0 aliphatic heterocycles. The van der Waals surface area contributed by atoms with Crippen molar-refractivity contribution in [2.45, 2.75) is 39.3 Å². The van der Waals surface area contributed by atoms with E-state index >= 15 is 0 Å². The van der Waals surface area contributed by atoms with E-state index in [9.17, 15) is 14.0 Å². The second-order valence-electron chi connectivity index (χ2n) is 8.73. The van der Waals surface area contributed by atoms with Gasteiger partial charge in [-0.25, -0.2) is 4.39 Å². The first-order valence-electron chi connectivity index (χ1n) is 11.4. The SMILES string of the molecule is CC(C)CNC(=O)[C@@H](Cc1ccccc1)N(Cc1ccccc1)C(=O)Cc1c(F)cccc1Cl. The number of hydrogen-bond donors (Lipinski definition) is 1. The standard InChI is InChI=1S/C28H30ClFN2O2/c1-20(2)18-31-28(34)26(16-21-10-5-3-6-11-21)32(19-22-12-7-4-8-13-22)27(33)17-23-24(29)14-9-15-25(23)30/h3-15,20,26H,16-19H2,1-2H3,(H,31,34)/t26-/m1/s1. The van der Waals surface area contributed by atoms with Crippen molar-refractivity contribution >= 4 is 23.4 Å². The Bertz CT molecular complexity index is 1070. The summed E-state index contributed by atoms with van der Waals surface area (Å²) in [7, 11) is 0. The fraction of sp³-hybridized carbons (Fsp3) is 0.286. The van der Waals surface area contributed by atoms with E-state index in [1.54, 1.807) is 11.0 Å². The number of carbonyl (C=O) groups is 2. The topological polar surface area (TPSA) is 49.4 Å². The first-order chi connectivity index (χ1) is 16.3. The zero-order valence-corrected chi connectivity index (χ0v) is 20.3. The lowest BCUT2D eigenvalue weighted by Gasteiger charge is -2.32. The molecule has 0 aliphatic carbocycles. The van der Waals surface area contributed by atoms with Crippen LogP contribution in [0.5, 0.6) is 0 Å². The molecular weight excluding hydrogens is 451 g/mol. The summed E-state index contributed by atoms with van der Waals surface area (Å²) in [5.74, 6) is -0.876. The summed E-state index contributed by atoms with van der Waals surface area (Å²) in [5.41, 5.74) is 1.94. The summed E-state index contributed by atoms with van der Waals surface area (Å²) in [4.78, 5) is 28.5. The minimum absolute atomic E-state index is 0.133. The van der Waals surface area contributed by atoms with Crippen molar-refractivity contribution < 1.29 is 14.0 Å². The number of halogens is 2. The molecule has 0 fully saturated rings. The van der Waals surface area contributed by atoms with Crippen molar-refractivity contribution in [2.24, 2.45) is 5.92 Å². The lowest BCUT2D eigenvalue weighted by Crippen LogP contribution is -2.51. The van der Waals surface area contributed by atoms with Gasteiger partial charge in [-0.05, 0) is 29.2 Å². The third kappa shape index (κ3) is 7.16. The molecular formula is C28H30ClFN2O2. The molecule has 178 valence electrons. The summed E-state index contributed by atoms with van der Waals surface area (Å²) >= 11 is 6.20. The van der Waals surface area contributed by atoms with Gasteiger partial charge in [0.25, 0.3) is 0 Å². The number of amides is 2. The number of hydrogen-bond acceptors (Lipinski definition) is 2. The number of benzene rings is 3. The maximum absolute atomic E-state index is 14.5. The zero-order chi connectivity index (χ0) is 24.5. The van der Waals surface area contributed by atoms with Gasteiger partial charge in [0.05, 0.1) is 6.42 Å². The molecule has 0 saturated carbocycles. The van der Waals surface area contributed by atoms with Crippen molar-refractivity contribution in [3.05, 3.63) is 106 Å².